The van der Waals surface area contributed by atoms with E-state index in [1.165, 1.54) is 12.3 Å². The van der Waals surface area contributed by atoms with Gasteiger partial charge in [-0.3, -0.25) is 9.88 Å². The molecule has 0 aromatic carbocycles. The number of halogens is 2. The molecule has 18 heavy (non-hydrogen) atoms. The first-order valence-electron chi connectivity index (χ1n) is 6.23. The van der Waals surface area contributed by atoms with Gasteiger partial charge in [0.15, 0.2) is 0 Å². The van der Waals surface area contributed by atoms with Crippen LogP contribution in [0.2, 0.25) is 0 Å². The number of nitrogens with zero attached hydrogens (tertiary/aromatic N) is 2. The molecule has 0 bridgehead atoms. The van der Waals surface area contributed by atoms with Crippen molar-refractivity contribution in [2.24, 2.45) is 5.41 Å². The number of alkyl halides is 2. The molecule has 2 aliphatic rings. The van der Waals surface area contributed by atoms with Crippen LogP contribution in [0.1, 0.15) is 18.2 Å². The molecule has 0 unspecified atom stereocenters. The molecular formula is C13H17F2N3. The van der Waals surface area contributed by atoms with E-state index in [2.05, 4.69) is 15.2 Å². The van der Waals surface area contributed by atoms with E-state index < -0.39 is 5.92 Å². The predicted molar refractivity (Wildman–Crippen MR) is 64.4 cm³/mol. The van der Waals surface area contributed by atoms with Crippen molar-refractivity contribution in [2.75, 3.05) is 26.2 Å². The van der Waals surface area contributed by atoms with Crippen molar-refractivity contribution in [3.8, 4) is 0 Å². The summed E-state index contributed by atoms with van der Waals surface area (Å²) in [6.45, 7) is 6.06. The van der Waals surface area contributed by atoms with Crippen molar-refractivity contribution < 1.29 is 8.78 Å². The first-order chi connectivity index (χ1) is 8.47. The lowest BCUT2D eigenvalue weighted by Crippen LogP contribution is -2.70. The SMILES string of the molecule is CC(F)(F)c1ccc(CN2CC3(CNC3)C2)nc1. The Morgan fingerprint density at radius 1 is 1.39 bits per heavy atom. The van der Waals surface area contributed by atoms with Crippen molar-refractivity contribution in [1.29, 1.82) is 0 Å². The fourth-order valence-electron chi connectivity index (χ4n) is 2.72. The molecule has 1 spiro atoms. The normalized spacial score (nSPS) is 22.6. The minimum Gasteiger partial charge on any atom is -0.315 e. The minimum absolute atomic E-state index is 0.0190. The summed E-state index contributed by atoms with van der Waals surface area (Å²) in [6.07, 6.45) is 1.29. The summed E-state index contributed by atoms with van der Waals surface area (Å²) in [5.41, 5.74) is 1.34. The molecule has 2 aliphatic heterocycles. The van der Waals surface area contributed by atoms with E-state index in [-0.39, 0.29) is 5.56 Å². The first kappa shape index (κ1) is 12.0. The van der Waals surface area contributed by atoms with E-state index in [9.17, 15) is 8.78 Å². The van der Waals surface area contributed by atoms with Crippen molar-refractivity contribution in [2.45, 2.75) is 19.4 Å². The number of aromatic nitrogens is 1. The van der Waals surface area contributed by atoms with Crippen molar-refractivity contribution in [3.63, 3.8) is 0 Å². The largest absolute Gasteiger partial charge is 0.315 e. The topological polar surface area (TPSA) is 28.2 Å². The highest BCUT2D eigenvalue weighted by atomic mass is 19.3. The van der Waals surface area contributed by atoms with Crippen molar-refractivity contribution >= 4 is 0 Å². The molecule has 5 heteroatoms. The monoisotopic (exact) mass is 253 g/mol. The van der Waals surface area contributed by atoms with Gasteiger partial charge in [-0.25, -0.2) is 8.78 Å². The lowest BCUT2D eigenvalue weighted by Gasteiger charge is -2.56. The second-order valence-corrected chi connectivity index (χ2v) is 5.68. The van der Waals surface area contributed by atoms with Gasteiger partial charge < -0.3 is 5.32 Å². The number of likely N-dealkylation sites (tertiary alicyclic amines) is 1. The maximum atomic E-state index is 13.0. The van der Waals surface area contributed by atoms with E-state index in [1.54, 1.807) is 6.07 Å². The maximum absolute atomic E-state index is 13.0. The number of rotatable bonds is 3. The molecule has 0 saturated carbocycles. The molecule has 1 aromatic heterocycles. The lowest BCUT2D eigenvalue weighted by molar-refractivity contribution is -0.0451. The van der Waals surface area contributed by atoms with Crippen molar-refractivity contribution in [1.82, 2.24) is 15.2 Å². The molecule has 98 valence electrons. The molecule has 0 radical (unpaired) electrons. The third kappa shape index (κ3) is 2.12. The molecule has 2 saturated heterocycles. The standard InChI is InChI=1S/C13H17F2N3/c1-12(14,15)10-2-3-11(17-4-10)5-18-8-13(9-18)6-16-7-13/h2-4,16H,5-9H2,1H3. The Kier molecular flexibility index (Phi) is 2.64. The summed E-state index contributed by atoms with van der Waals surface area (Å²) in [5, 5.41) is 3.29. The van der Waals surface area contributed by atoms with Crippen LogP contribution in [0, 0.1) is 5.41 Å². The zero-order chi connectivity index (χ0) is 12.8. The number of pyridine rings is 1. The van der Waals surface area contributed by atoms with Crippen LogP contribution in [-0.2, 0) is 12.5 Å². The molecule has 1 aromatic rings. The average Bonchev–Trinajstić information content (AvgIpc) is 2.19. The lowest BCUT2D eigenvalue weighted by atomic mass is 9.74. The Morgan fingerprint density at radius 3 is 2.56 bits per heavy atom. The van der Waals surface area contributed by atoms with Gasteiger partial charge in [-0.1, -0.05) is 0 Å². The quantitative estimate of drug-likeness (QED) is 0.887. The van der Waals surface area contributed by atoms with E-state index >= 15 is 0 Å². The first-order valence-corrected chi connectivity index (χ1v) is 6.23. The van der Waals surface area contributed by atoms with Gasteiger partial charge in [0, 0.05) is 56.8 Å². The van der Waals surface area contributed by atoms with Gasteiger partial charge in [-0.05, 0) is 12.1 Å². The Labute approximate surface area is 105 Å². The molecule has 0 aliphatic carbocycles. The van der Waals surface area contributed by atoms with Crippen LogP contribution >= 0.6 is 0 Å². The van der Waals surface area contributed by atoms with E-state index in [4.69, 9.17) is 0 Å². The highest BCUT2D eigenvalue weighted by Gasteiger charge is 2.47. The molecule has 0 atom stereocenters. The van der Waals surface area contributed by atoms with Crippen LogP contribution in [0.5, 0.6) is 0 Å². The minimum atomic E-state index is -2.80. The number of hydrogen-bond acceptors (Lipinski definition) is 3. The third-order valence-electron chi connectivity index (χ3n) is 3.84. The zero-order valence-corrected chi connectivity index (χ0v) is 10.4. The summed E-state index contributed by atoms with van der Waals surface area (Å²) in [7, 11) is 0. The zero-order valence-electron chi connectivity index (χ0n) is 10.4. The summed E-state index contributed by atoms with van der Waals surface area (Å²) in [4.78, 5) is 6.43. The highest BCUT2D eigenvalue weighted by Crippen LogP contribution is 2.34. The van der Waals surface area contributed by atoms with Gasteiger partial charge in [0.05, 0.1) is 5.69 Å². The molecule has 3 rings (SSSR count). The van der Waals surface area contributed by atoms with Gasteiger partial charge in [0.25, 0.3) is 5.92 Å². The Balaban J connectivity index is 1.57. The second-order valence-electron chi connectivity index (χ2n) is 5.68. The Hall–Kier alpha value is -1.07. The average molecular weight is 253 g/mol. The summed E-state index contributed by atoms with van der Waals surface area (Å²) in [5.74, 6) is -2.80. The van der Waals surface area contributed by atoms with Crippen LogP contribution in [0.3, 0.4) is 0 Å². The van der Waals surface area contributed by atoms with Crippen LogP contribution in [0.15, 0.2) is 18.3 Å². The number of hydrogen-bond donors (Lipinski definition) is 1. The Bertz CT molecular complexity index is 427. The Morgan fingerprint density at radius 2 is 2.11 bits per heavy atom. The van der Waals surface area contributed by atoms with Crippen LogP contribution < -0.4 is 5.32 Å². The summed E-state index contributed by atoms with van der Waals surface area (Å²) < 4.78 is 26.0. The fraction of sp³-hybridized carbons (Fsp3) is 0.615. The highest BCUT2D eigenvalue weighted by molar-refractivity contribution is 5.18. The van der Waals surface area contributed by atoms with Gasteiger partial charge in [0.2, 0.25) is 0 Å². The summed E-state index contributed by atoms with van der Waals surface area (Å²) in [6, 6.07) is 3.18. The van der Waals surface area contributed by atoms with Gasteiger partial charge >= 0.3 is 0 Å². The number of nitrogens with one attached hydrogen (secondary N) is 1. The molecule has 2 fully saturated rings. The predicted octanol–water partition coefficient (Wildman–Crippen LogP) is 1.60. The van der Waals surface area contributed by atoms with Crippen molar-refractivity contribution in [3.05, 3.63) is 29.6 Å². The van der Waals surface area contributed by atoms with Gasteiger partial charge in [-0.2, -0.15) is 0 Å². The van der Waals surface area contributed by atoms with Gasteiger partial charge in [-0.15, -0.1) is 0 Å². The summed E-state index contributed by atoms with van der Waals surface area (Å²) >= 11 is 0. The van der Waals surface area contributed by atoms with Crippen LogP contribution in [0.25, 0.3) is 0 Å². The van der Waals surface area contributed by atoms with Crippen LogP contribution in [0.4, 0.5) is 8.78 Å². The second kappa shape index (κ2) is 3.96. The fourth-order valence-corrected chi connectivity index (χ4v) is 2.72. The van der Waals surface area contributed by atoms with Crippen LogP contribution in [-0.4, -0.2) is 36.1 Å². The van der Waals surface area contributed by atoms with E-state index in [0.717, 1.165) is 45.3 Å². The van der Waals surface area contributed by atoms with E-state index in [1.807, 2.05) is 0 Å². The third-order valence-corrected chi connectivity index (χ3v) is 3.84. The van der Waals surface area contributed by atoms with Gasteiger partial charge in [0.1, 0.15) is 0 Å². The van der Waals surface area contributed by atoms with E-state index in [0.29, 0.717) is 5.41 Å². The molecule has 0 amide bonds. The molecule has 3 heterocycles. The maximum Gasteiger partial charge on any atom is 0.272 e. The molecule has 1 N–H and O–H groups in total. The smallest absolute Gasteiger partial charge is 0.272 e. The molecular weight excluding hydrogens is 236 g/mol. The molecule has 3 nitrogen and oxygen atoms in total.